The van der Waals surface area contributed by atoms with E-state index in [9.17, 15) is 0 Å². The highest BCUT2D eigenvalue weighted by Crippen LogP contribution is 2.18. The van der Waals surface area contributed by atoms with Crippen molar-refractivity contribution in [1.82, 2.24) is 0 Å². The number of nitrogens with two attached hydrogens (primary N) is 1. The number of nitrogens with zero attached hydrogens (tertiary/aromatic N) is 1. The lowest BCUT2D eigenvalue weighted by molar-refractivity contribution is 1.48. The van der Waals surface area contributed by atoms with Gasteiger partial charge in [-0.25, -0.2) is 4.99 Å². The van der Waals surface area contributed by atoms with Gasteiger partial charge in [-0.2, -0.15) is 0 Å². The topological polar surface area (TPSA) is 38.4 Å². The van der Waals surface area contributed by atoms with Crippen LogP contribution in [0.1, 0.15) is 5.56 Å². The van der Waals surface area contributed by atoms with Crippen molar-refractivity contribution in [1.29, 1.82) is 0 Å². The monoisotopic (exact) mass is 334 g/mol. The van der Waals surface area contributed by atoms with E-state index in [0.29, 0.717) is 10.9 Å². The molecule has 2 rings (SSSR count). The van der Waals surface area contributed by atoms with Crippen LogP contribution >= 0.6 is 27.5 Å². The Bertz CT molecular complexity index is 618. The predicted octanol–water partition coefficient (Wildman–Crippen LogP) is 4.80. The molecule has 0 saturated carbocycles. The van der Waals surface area contributed by atoms with Gasteiger partial charge in [0.2, 0.25) is 0 Å². The number of hydrogen-bond acceptors (Lipinski definition) is 1. The molecule has 0 unspecified atom stereocenters. The average molecular weight is 336 g/mol. The highest BCUT2D eigenvalue weighted by Gasteiger charge is 1.94. The van der Waals surface area contributed by atoms with Crippen LogP contribution in [0.15, 0.2) is 64.1 Å². The fraction of sp³-hybridized carbons (Fsp3) is 0. The zero-order chi connectivity index (χ0) is 13.7. The summed E-state index contributed by atoms with van der Waals surface area (Å²) in [6.07, 6.45) is 3.69. The van der Waals surface area contributed by atoms with Crippen LogP contribution in [0.2, 0.25) is 5.02 Å². The van der Waals surface area contributed by atoms with E-state index in [2.05, 4.69) is 20.9 Å². The maximum atomic E-state index is 5.86. The van der Waals surface area contributed by atoms with Crippen molar-refractivity contribution >= 4 is 45.1 Å². The second-order valence-corrected chi connectivity index (χ2v) is 5.16. The molecule has 2 N–H and O–H groups in total. The summed E-state index contributed by atoms with van der Waals surface area (Å²) in [5, 5.41) is 0.682. The summed E-state index contributed by atoms with van der Waals surface area (Å²) in [4.78, 5) is 4.28. The van der Waals surface area contributed by atoms with Gasteiger partial charge in [0, 0.05) is 9.50 Å². The van der Waals surface area contributed by atoms with Gasteiger partial charge in [0.15, 0.2) is 0 Å². The van der Waals surface area contributed by atoms with Crippen LogP contribution in [0.25, 0.3) is 6.08 Å². The van der Waals surface area contributed by atoms with Gasteiger partial charge in [-0.1, -0.05) is 51.8 Å². The normalized spacial score (nSPS) is 12.0. The van der Waals surface area contributed by atoms with Gasteiger partial charge in [-0.3, -0.25) is 0 Å². The van der Waals surface area contributed by atoms with Crippen molar-refractivity contribution in [3.05, 3.63) is 69.7 Å². The molecule has 0 heterocycles. The van der Waals surface area contributed by atoms with Crippen molar-refractivity contribution in [3.63, 3.8) is 0 Å². The Kier molecular flexibility index (Phi) is 4.77. The Morgan fingerprint density at radius 1 is 1.11 bits per heavy atom. The maximum absolute atomic E-state index is 5.86. The number of hydrogen-bond donors (Lipinski definition) is 1. The summed E-state index contributed by atoms with van der Waals surface area (Å²) in [6.45, 7) is 0. The minimum atomic E-state index is 0.443. The van der Waals surface area contributed by atoms with E-state index in [1.165, 1.54) is 0 Å². The zero-order valence-corrected chi connectivity index (χ0v) is 12.4. The first-order valence-corrected chi connectivity index (χ1v) is 6.84. The number of halogens is 2. The Hall–Kier alpha value is -1.58. The second-order valence-electron chi connectivity index (χ2n) is 3.87. The van der Waals surface area contributed by atoms with Gasteiger partial charge in [0.05, 0.1) is 5.69 Å². The number of aliphatic imine (C=N–C) groups is 1. The SMILES string of the molecule is NC(C=Cc1ccccc1Br)=Nc1ccc(Cl)cc1. The van der Waals surface area contributed by atoms with Crippen LogP contribution in [0.3, 0.4) is 0 Å². The van der Waals surface area contributed by atoms with Gasteiger partial charge >= 0.3 is 0 Å². The van der Waals surface area contributed by atoms with E-state index < -0.39 is 0 Å². The largest absolute Gasteiger partial charge is 0.384 e. The lowest BCUT2D eigenvalue weighted by Gasteiger charge is -1.98. The summed E-state index contributed by atoms with van der Waals surface area (Å²) < 4.78 is 1.02. The molecule has 0 aliphatic rings. The third kappa shape index (κ3) is 4.23. The summed E-state index contributed by atoms with van der Waals surface area (Å²) in [5.41, 5.74) is 7.69. The molecule has 0 bridgehead atoms. The minimum absolute atomic E-state index is 0.443. The predicted molar refractivity (Wildman–Crippen MR) is 85.9 cm³/mol. The highest BCUT2D eigenvalue weighted by atomic mass is 79.9. The molecular formula is C15H12BrClN2. The van der Waals surface area contributed by atoms with Crippen LogP contribution in [0.4, 0.5) is 5.69 Å². The first kappa shape index (κ1) is 13.8. The molecule has 96 valence electrons. The van der Waals surface area contributed by atoms with E-state index in [-0.39, 0.29) is 0 Å². The van der Waals surface area contributed by atoms with Gasteiger partial charge in [-0.05, 0) is 42.0 Å². The van der Waals surface area contributed by atoms with Gasteiger partial charge in [0.25, 0.3) is 0 Å². The summed E-state index contributed by atoms with van der Waals surface area (Å²) in [6, 6.07) is 15.1. The fourth-order valence-corrected chi connectivity index (χ4v) is 2.03. The summed E-state index contributed by atoms with van der Waals surface area (Å²) in [7, 11) is 0. The Balaban J connectivity index is 2.14. The lowest BCUT2D eigenvalue weighted by Crippen LogP contribution is -2.06. The van der Waals surface area contributed by atoms with Crippen LogP contribution in [-0.2, 0) is 0 Å². The number of rotatable bonds is 3. The first-order chi connectivity index (χ1) is 9.15. The number of amidine groups is 1. The molecule has 2 aromatic rings. The van der Waals surface area contributed by atoms with Crippen LogP contribution in [0, 0.1) is 0 Å². The molecule has 2 nitrogen and oxygen atoms in total. The van der Waals surface area contributed by atoms with E-state index in [1.807, 2.05) is 42.5 Å². The molecule has 2 aromatic carbocycles. The van der Waals surface area contributed by atoms with Crippen molar-refractivity contribution in [2.24, 2.45) is 10.7 Å². The van der Waals surface area contributed by atoms with Gasteiger partial charge < -0.3 is 5.73 Å². The molecule has 0 radical (unpaired) electrons. The quantitative estimate of drug-likeness (QED) is 0.635. The zero-order valence-electron chi connectivity index (χ0n) is 10.1. The van der Waals surface area contributed by atoms with Gasteiger partial charge in [0.1, 0.15) is 5.84 Å². The first-order valence-electron chi connectivity index (χ1n) is 5.67. The van der Waals surface area contributed by atoms with Crippen LogP contribution in [0.5, 0.6) is 0 Å². The van der Waals surface area contributed by atoms with E-state index >= 15 is 0 Å². The highest BCUT2D eigenvalue weighted by molar-refractivity contribution is 9.10. The van der Waals surface area contributed by atoms with Crippen LogP contribution < -0.4 is 5.73 Å². The lowest BCUT2D eigenvalue weighted by atomic mass is 10.2. The summed E-state index contributed by atoms with van der Waals surface area (Å²) >= 11 is 9.28. The maximum Gasteiger partial charge on any atom is 0.124 e. The molecule has 0 atom stereocenters. The second kappa shape index (κ2) is 6.55. The average Bonchev–Trinajstić information content (AvgIpc) is 2.40. The van der Waals surface area contributed by atoms with Crippen LogP contribution in [-0.4, -0.2) is 5.84 Å². The number of benzene rings is 2. The molecule has 4 heteroatoms. The van der Waals surface area contributed by atoms with Crippen molar-refractivity contribution < 1.29 is 0 Å². The molecule has 0 aromatic heterocycles. The van der Waals surface area contributed by atoms with E-state index in [4.69, 9.17) is 17.3 Å². The molecule has 19 heavy (non-hydrogen) atoms. The van der Waals surface area contributed by atoms with Crippen molar-refractivity contribution in [2.45, 2.75) is 0 Å². The molecule has 0 fully saturated rings. The molecule has 0 amide bonds. The molecular weight excluding hydrogens is 324 g/mol. The fourth-order valence-electron chi connectivity index (χ4n) is 1.49. The standard InChI is InChI=1S/C15H12BrClN2/c16-14-4-2-1-3-11(14)5-10-15(18)19-13-8-6-12(17)7-9-13/h1-10H,(H2,18,19). The molecule has 0 spiro atoms. The van der Waals surface area contributed by atoms with Crippen molar-refractivity contribution in [3.8, 4) is 0 Å². The Morgan fingerprint density at radius 3 is 2.47 bits per heavy atom. The summed E-state index contributed by atoms with van der Waals surface area (Å²) in [5.74, 6) is 0.443. The molecule has 0 aliphatic carbocycles. The van der Waals surface area contributed by atoms with Gasteiger partial charge in [-0.15, -0.1) is 0 Å². The molecule has 0 aliphatic heterocycles. The Morgan fingerprint density at radius 2 is 1.79 bits per heavy atom. The molecule has 0 saturated heterocycles. The van der Waals surface area contributed by atoms with E-state index in [1.54, 1.807) is 18.2 Å². The third-order valence-electron chi connectivity index (χ3n) is 2.42. The van der Waals surface area contributed by atoms with Crippen molar-refractivity contribution in [2.75, 3.05) is 0 Å². The van der Waals surface area contributed by atoms with E-state index in [0.717, 1.165) is 15.7 Å². The minimum Gasteiger partial charge on any atom is -0.384 e. The smallest absolute Gasteiger partial charge is 0.124 e. The third-order valence-corrected chi connectivity index (χ3v) is 3.40. The Labute approximate surface area is 125 Å².